The van der Waals surface area contributed by atoms with E-state index in [1.165, 1.54) is 77.5 Å². The Labute approximate surface area is 329 Å². The van der Waals surface area contributed by atoms with Crippen LogP contribution < -0.4 is 4.90 Å². The standard InChI is InChI=1S/C55H41N/c1-55(2)52-27-15-26-48(39-16-6-3-7-17-39)54(52)51-36-49(40-18-8-4-9-19-40)50(37-53(51)55)42-30-34-45(35-31-42)56(43-22-10-5-11-23-43)44-32-28-41(29-33-44)47-25-14-21-38-20-12-13-24-46(38)47/h3-37H,1-2H3. The topological polar surface area (TPSA) is 3.24 Å². The molecule has 9 aromatic rings. The molecule has 10 rings (SSSR count). The minimum Gasteiger partial charge on any atom is -0.311 e. The van der Waals surface area contributed by atoms with E-state index in [0.717, 1.165) is 17.1 Å². The van der Waals surface area contributed by atoms with Gasteiger partial charge < -0.3 is 4.90 Å². The van der Waals surface area contributed by atoms with Crippen LogP contribution in [0.5, 0.6) is 0 Å². The summed E-state index contributed by atoms with van der Waals surface area (Å²) in [6.45, 7) is 4.76. The average molecular weight is 716 g/mol. The summed E-state index contributed by atoms with van der Waals surface area (Å²) in [5.74, 6) is 0. The molecule has 0 atom stereocenters. The third-order valence-corrected chi connectivity index (χ3v) is 11.7. The van der Waals surface area contributed by atoms with Gasteiger partial charge in [-0.3, -0.25) is 0 Å². The van der Waals surface area contributed by atoms with E-state index in [2.05, 4.69) is 231 Å². The smallest absolute Gasteiger partial charge is 0.0462 e. The van der Waals surface area contributed by atoms with Crippen LogP contribution in [0.3, 0.4) is 0 Å². The first-order valence-electron chi connectivity index (χ1n) is 19.5. The minimum atomic E-state index is -0.151. The Balaban J connectivity index is 1.08. The highest BCUT2D eigenvalue weighted by Gasteiger charge is 2.38. The number of para-hydroxylation sites is 1. The van der Waals surface area contributed by atoms with Crippen LogP contribution >= 0.6 is 0 Å². The van der Waals surface area contributed by atoms with Crippen molar-refractivity contribution in [2.45, 2.75) is 19.3 Å². The minimum absolute atomic E-state index is 0.151. The molecule has 0 radical (unpaired) electrons. The van der Waals surface area contributed by atoms with Gasteiger partial charge in [-0.25, -0.2) is 0 Å². The fourth-order valence-corrected chi connectivity index (χ4v) is 8.87. The van der Waals surface area contributed by atoms with E-state index in [9.17, 15) is 0 Å². The molecule has 0 unspecified atom stereocenters. The molecule has 0 saturated carbocycles. The summed E-state index contributed by atoms with van der Waals surface area (Å²) < 4.78 is 0. The highest BCUT2D eigenvalue weighted by Crippen LogP contribution is 2.54. The summed E-state index contributed by atoms with van der Waals surface area (Å²) in [7, 11) is 0. The third-order valence-electron chi connectivity index (χ3n) is 11.7. The van der Waals surface area contributed by atoms with Crippen molar-refractivity contribution in [3.63, 3.8) is 0 Å². The van der Waals surface area contributed by atoms with Gasteiger partial charge in [0.1, 0.15) is 0 Å². The summed E-state index contributed by atoms with van der Waals surface area (Å²) >= 11 is 0. The Morgan fingerprint density at radius 3 is 1.45 bits per heavy atom. The molecule has 0 heterocycles. The molecule has 9 aromatic carbocycles. The Morgan fingerprint density at radius 1 is 0.321 bits per heavy atom. The largest absolute Gasteiger partial charge is 0.311 e. The average Bonchev–Trinajstić information content (AvgIpc) is 3.49. The maximum atomic E-state index is 2.47. The van der Waals surface area contributed by atoms with Crippen LogP contribution in [0.15, 0.2) is 212 Å². The first-order valence-corrected chi connectivity index (χ1v) is 19.5. The summed E-state index contributed by atoms with van der Waals surface area (Å²) in [5.41, 5.74) is 18.5. The first kappa shape index (κ1) is 33.6. The molecule has 0 aromatic heterocycles. The summed E-state index contributed by atoms with van der Waals surface area (Å²) in [4.78, 5) is 2.35. The molecule has 0 bridgehead atoms. The predicted molar refractivity (Wildman–Crippen MR) is 238 cm³/mol. The maximum absolute atomic E-state index is 2.47. The zero-order chi connectivity index (χ0) is 37.6. The fraction of sp³-hybridized carbons (Fsp3) is 0.0545. The first-order chi connectivity index (χ1) is 27.5. The molecule has 0 spiro atoms. The fourth-order valence-electron chi connectivity index (χ4n) is 8.87. The van der Waals surface area contributed by atoms with Crippen molar-refractivity contribution >= 4 is 27.8 Å². The third kappa shape index (κ3) is 5.72. The van der Waals surface area contributed by atoms with Crippen molar-refractivity contribution in [3.05, 3.63) is 223 Å². The van der Waals surface area contributed by atoms with Gasteiger partial charge in [-0.2, -0.15) is 0 Å². The predicted octanol–water partition coefficient (Wildman–Crippen LogP) is 15.3. The molecule has 1 aliphatic rings. The Hall–Kier alpha value is -6.96. The number of rotatable bonds is 7. The van der Waals surface area contributed by atoms with Gasteiger partial charge in [0.2, 0.25) is 0 Å². The molecule has 1 heteroatoms. The number of fused-ring (bicyclic) bond motifs is 4. The lowest BCUT2D eigenvalue weighted by atomic mass is 9.80. The SMILES string of the molecule is CC1(C)c2cc(-c3ccc(N(c4ccccc4)c4ccc(-c5cccc6ccccc56)cc4)cc3)c(-c3ccccc3)cc2-c2c(-c3ccccc3)cccc21. The number of hydrogen-bond donors (Lipinski definition) is 0. The van der Waals surface area contributed by atoms with Crippen LogP contribution in [0.2, 0.25) is 0 Å². The lowest BCUT2D eigenvalue weighted by Crippen LogP contribution is -2.15. The van der Waals surface area contributed by atoms with E-state index in [0.29, 0.717) is 0 Å². The molecule has 0 aliphatic heterocycles. The van der Waals surface area contributed by atoms with E-state index in [4.69, 9.17) is 0 Å². The number of nitrogens with zero attached hydrogens (tertiary/aromatic N) is 1. The van der Waals surface area contributed by atoms with Crippen molar-refractivity contribution < 1.29 is 0 Å². The molecule has 0 amide bonds. The van der Waals surface area contributed by atoms with Crippen molar-refractivity contribution in [3.8, 4) is 55.6 Å². The van der Waals surface area contributed by atoms with Gasteiger partial charge in [0.05, 0.1) is 0 Å². The molecule has 0 N–H and O–H groups in total. The molecular formula is C55H41N. The molecule has 0 saturated heterocycles. The Morgan fingerprint density at radius 2 is 0.786 bits per heavy atom. The van der Waals surface area contributed by atoms with Crippen LogP contribution in [0.1, 0.15) is 25.0 Å². The van der Waals surface area contributed by atoms with Gasteiger partial charge in [0.15, 0.2) is 0 Å². The van der Waals surface area contributed by atoms with Crippen molar-refractivity contribution in [1.29, 1.82) is 0 Å². The molecule has 56 heavy (non-hydrogen) atoms. The lowest BCUT2D eigenvalue weighted by molar-refractivity contribution is 0.661. The van der Waals surface area contributed by atoms with Gasteiger partial charge in [-0.1, -0.05) is 178 Å². The zero-order valence-electron chi connectivity index (χ0n) is 31.7. The number of anilines is 3. The van der Waals surface area contributed by atoms with Gasteiger partial charge in [0, 0.05) is 22.5 Å². The molecule has 1 nitrogen and oxygen atoms in total. The lowest BCUT2D eigenvalue weighted by Gasteiger charge is -2.26. The number of benzene rings is 9. The highest BCUT2D eigenvalue weighted by molar-refractivity contribution is 5.99. The van der Waals surface area contributed by atoms with Gasteiger partial charge >= 0.3 is 0 Å². The quantitative estimate of drug-likeness (QED) is 0.159. The second-order valence-corrected chi connectivity index (χ2v) is 15.3. The Kier molecular flexibility index (Phi) is 8.23. The van der Waals surface area contributed by atoms with Crippen molar-refractivity contribution in [2.24, 2.45) is 0 Å². The molecule has 0 fully saturated rings. The monoisotopic (exact) mass is 715 g/mol. The van der Waals surface area contributed by atoms with Crippen LogP contribution in [0.25, 0.3) is 66.4 Å². The van der Waals surface area contributed by atoms with E-state index < -0.39 is 0 Å². The maximum Gasteiger partial charge on any atom is 0.0462 e. The van der Waals surface area contributed by atoms with Crippen molar-refractivity contribution in [2.75, 3.05) is 4.90 Å². The number of hydrogen-bond acceptors (Lipinski definition) is 1. The Bertz CT molecular complexity index is 2830. The second-order valence-electron chi connectivity index (χ2n) is 15.3. The van der Waals surface area contributed by atoms with E-state index in [1.54, 1.807) is 0 Å². The zero-order valence-corrected chi connectivity index (χ0v) is 31.7. The van der Waals surface area contributed by atoms with E-state index >= 15 is 0 Å². The van der Waals surface area contributed by atoms with E-state index in [-0.39, 0.29) is 5.41 Å². The molecule has 266 valence electrons. The van der Waals surface area contributed by atoms with Gasteiger partial charge in [-0.15, -0.1) is 0 Å². The molecular weight excluding hydrogens is 675 g/mol. The van der Waals surface area contributed by atoms with Crippen LogP contribution in [0, 0.1) is 0 Å². The summed E-state index contributed by atoms with van der Waals surface area (Å²) in [6.07, 6.45) is 0. The molecule has 1 aliphatic carbocycles. The van der Waals surface area contributed by atoms with Crippen LogP contribution in [-0.2, 0) is 5.41 Å². The summed E-state index contributed by atoms with van der Waals surface area (Å²) in [6, 6.07) is 77.4. The van der Waals surface area contributed by atoms with Gasteiger partial charge in [0.25, 0.3) is 0 Å². The highest BCUT2D eigenvalue weighted by atomic mass is 15.1. The second kappa shape index (κ2) is 13.7. The van der Waals surface area contributed by atoms with Crippen LogP contribution in [0.4, 0.5) is 17.1 Å². The normalized spacial score (nSPS) is 12.6. The summed E-state index contributed by atoms with van der Waals surface area (Å²) in [5, 5.41) is 2.52. The van der Waals surface area contributed by atoms with E-state index in [1.807, 2.05) is 0 Å². The van der Waals surface area contributed by atoms with Crippen LogP contribution in [-0.4, -0.2) is 0 Å². The van der Waals surface area contributed by atoms with Gasteiger partial charge in [-0.05, 0) is 126 Å². The van der Waals surface area contributed by atoms with Crippen molar-refractivity contribution in [1.82, 2.24) is 0 Å².